The van der Waals surface area contributed by atoms with Gasteiger partial charge in [0.25, 0.3) is 5.91 Å². The summed E-state index contributed by atoms with van der Waals surface area (Å²) in [4.78, 5) is 14.6. The molecule has 1 aliphatic carbocycles. The lowest BCUT2D eigenvalue weighted by atomic mass is 9.95. The number of amides is 1. The molecule has 4 rings (SSSR count). The lowest BCUT2D eigenvalue weighted by molar-refractivity contribution is 0.102. The number of furan rings is 1. The first-order valence-corrected chi connectivity index (χ1v) is 10.8. The minimum absolute atomic E-state index is 0.150. The van der Waals surface area contributed by atoms with Crippen LogP contribution in [0.25, 0.3) is 0 Å². The lowest BCUT2D eigenvalue weighted by Gasteiger charge is -2.15. The molecule has 3 aromatic rings. The first-order chi connectivity index (χ1) is 14.0. The van der Waals surface area contributed by atoms with Crippen LogP contribution >= 0.6 is 22.9 Å². The fourth-order valence-electron chi connectivity index (χ4n) is 3.64. The molecule has 2 aromatic heterocycles. The quantitative estimate of drug-likeness (QED) is 0.499. The Balaban J connectivity index is 1.63. The number of halogens is 1. The molecule has 0 saturated carbocycles. The van der Waals surface area contributed by atoms with E-state index in [-0.39, 0.29) is 5.91 Å². The largest absolute Gasteiger partial charge is 0.495 e. The minimum atomic E-state index is -0.150. The third kappa shape index (κ3) is 4.28. The summed E-state index contributed by atoms with van der Waals surface area (Å²) in [6.45, 7) is 2.46. The maximum atomic E-state index is 13.3. The highest BCUT2D eigenvalue weighted by molar-refractivity contribution is 7.16. The van der Waals surface area contributed by atoms with Crippen molar-refractivity contribution >= 4 is 39.5 Å². The van der Waals surface area contributed by atoms with E-state index < -0.39 is 0 Å². The average molecular weight is 431 g/mol. The van der Waals surface area contributed by atoms with Crippen LogP contribution in [0.3, 0.4) is 0 Å². The van der Waals surface area contributed by atoms with Crippen molar-refractivity contribution in [1.82, 2.24) is 0 Å². The van der Waals surface area contributed by atoms with E-state index in [1.54, 1.807) is 36.6 Å². The predicted octanol–water partition coefficient (Wildman–Crippen LogP) is 6.05. The number of hydrogen-bond acceptors (Lipinski definition) is 5. The van der Waals surface area contributed by atoms with Crippen molar-refractivity contribution in [3.8, 4) is 5.75 Å². The van der Waals surface area contributed by atoms with Crippen molar-refractivity contribution in [3.05, 3.63) is 62.9 Å². The smallest absolute Gasteiger partial charge is 0.259 e. The van der Waals surface area contributed by atoms with Gasteiger partial charge in [-0.1, -0.05) is 11.6 Å². The van der Waals surface area contributed by atoms with Crippen LogP contribution in [-0.2, 0) is 19.4 Å². The Kier molecular flexibility index (Phi) is 5.83. The Hall–Kier alpha value is -2.44. The predicted molar refractivity (Wildman–Crippen MR) is 118 cm³/mol. The van der Waals surface area contributed by atoms with E-state index >= 15 is 0 Å². The van der Waals surface area contributed by atoms with Crippen molar-refractivity contribution in [2.24, 2.45) is 0 Å². The molecule has 29 heavy (non-hydrogen) atoms. The van der Waals surface area contributed by atoms with Gasteiger partial charge < -0.3 is 19.8 Å². The zero-order valence-corrected chi connectivity index (χ0v) is 18.0. The Morgan fingerprint density at radius 1 is 1.24 bits per heavy atom. The van der Waals surface area contributed by atoms with Gasteiger partial charge in [-0.25, -0.2) is 0 Å². The van der Waals surface area contributed by atoms with Crippen LogP contribution in [-0.4, -0.2) is 13.0 Å². The molecule has 0 fully saturated rings. The van der Waals surface area contributed by atoms with Gasteiger partial charge in [-0.15, -0.1) is 11.3 Å². The zero-order chi connectivity index (χ0) is 20.4. The molecule has 2 N–H and O–H groups in total. The Morgan fingerprint density at radius 3 is 2.83 bits per heavy atom. The van der Waals surface area contributed by atoms with E-state index in [1.807, 2.05) is 19.1 Å². The minimum Gasteiger partial charge on any atom is -0.495 e. The van der Waals surface area contributed by atoms with E-state index in [2.05, 4.69) is 10.6 Å². The second-order valence-electron chi connectivity index (χ2n) is 7.08. The highest BCUT2D eigenvalue weighted by Crippen LogP contribution is 2.39. The van der Waals surface area contributed by atoms with Crippen LogP contribution in [0.1, 0.15) is 45.2 Å². The van der Waals surface area contributed by atoms with E-state index in [9.17, 15) is 4.79 Å². The number of methoxy groups -OCH3 is 1. The fraction of sp³-hybridized carbons (Fsp3) is 0.318. The van der Waals surface area contributed by atoms with E-state index in [4.69, 9.17) is 20.8 Å². The van der Waals surface area contributed by atoms with Gasteiger partial charge in [0.15, 0.2) is 0 Å². The first kappa shape index (κ1) is 19.9. The average Bonchev–Trinajstić information content (AvgIpc) is 3.29. The summed E-state index contributed by atoms with van der Waals surface area (Å²) in [5.41, 5.74) is 2.43. The molecule has 2 heterocycles. The number of hydrogen-bond donors (Lipinski definition) is 2. The van der Waals surface area contributed by atoms with E-state index in [0.29, 0.717) is 23.0 Å². The van der Waals surface area contributed by atoms with Gasteiger partial charge in [0.2, 0.25) is 0 Å². The molecule has 0 unspecified atom stereocenters. The van der Waals surface area contributed by atoms with Gasteiger partial charge in [0.05, 0.1) is 24.9 Å². The summed E-state index contributed by atoms with van der Waals surface area (Å²) < 4.78 is 11.0. The number of benzene rings is 1. The number of ether oxygens (including phenoxy) is 1. The van der Waals surface area contributed by atoms with Gasteiger partial charge in [-0.05, 0) is 68.5 Å². The molecule has 0 aliphatic heterocycles. The molecule has 0 spiro atoms. The first-order valence-electron chi connectivity index (χ1n) is 9.63. The van der Waals surface area contributed by atoms with Crippen molar-refractivity contribution in [3.63, 3.8) is 0 Å². The number of aryl methyl sites for hydroxylation is 2. The number of rotatable bonds is 6. The van der Waals surface area contributed by atoms with Crippen LogP contribution < -0.4 is 15.4 Å². The molecule has 0 saturated heterocycles. The number of thiophene rings is 1. The summed E-state index contributed by atoms with van der Waals surface area (Å²) in [5.74, 6) is 2.14. The standard InChI is InChI=1S/C22H23ClN2O3S/c1-13-7-9-15(28-13)12-24-22-20(16-5-3-4-6-19(16)29-22)21(26)25-17-11-14(23)8-10-18(17)27-2/h7-11,24H,3-6,12H2,1-2H3,(H,25,26). The van der Waals surface area contributed by atoms with E-state index in [0.717, 1.165) is 53.3 Å². The molecule has 1 aromatic carbocycles. The van der Waals surface area contributed by atoms with Gasteiger partial charge >= 0.3 is 0 Å². The van der Waals surface area contributed by atoms with Crippen molar-refractivity contribution < 1.29 is 13.9 Å². The number of carbonyl (C=O) groups is 1. The van der Waals surface area contributed by atoms with Crippen LogP contribution in [0, 0.1) is 6.92 Å². The molecule has 5 nitrogen and oxygen atoms in total. The molecule has 152 valence electrons. The summed E-state index contributed by atoms with van der Waals surface area (Å²) in [5, 5.41) is 7.83. The molecule has 0 atom stereocenters. The summed E-state index contributed by atoms with van der Waals surface area (Å²) in [7, 11) is 1.57. The topological polar surface area (TPSA) is 63.5 Å². The lowest BCUT2D eigenvalue weighted by Crippen LogP contribution is -2.17. The SMILES string of the molecule is COc1ccc(Cl)cc1NC(=O)c1c(NCc2ccc(C)o2)sc2c1CCCC2. The second-order valence-corrected chi connectivity index (χ2v) is 8.62. The van der Waals surface area contributed by atoms with Crippen molar-refractivity contribution in [1.29, 1.82) is 0 Å². The monoisotopic (exact) mass is 430 g/mol. The van der Waals surface area contributed by atoms with E-state index in [1.165, 1.54) is 4.88 Å². The number of carbonyl (C=O) groups excluding carboxylic acids is 1. The second kappa shape index (κ2) is 8.51. The van der Waals surface area contributed by atoms with Crippen LogP contribution in [0.4, 0.5) is 10.7 Å². The van der Waals surface area contributed by atoms with Crippen LogP contribution in [0.5, 0.6) is 5.75 Å². The maximum absolute atomic E-state index is 13.3. The van der Waals surface area contributed by atoms with Gasteiger partial charge in [0.1, 0.15) is 22.3 Å². The number of nitrogens with one attached hydrogen (secondary N) is 2. The molecular weight excluding hydrogens is 408 g/mol. The molecule has 0 bridgehead atoms. The maximum Gasteiger partial charge on any atom is 0.259 e. The van der Waals surface area contributed by atoms with Crippen LogP contribution in [0.2, 0.25) is 5.02 Å². The van der Waals surface area contributed by atoms with Crippen molar-refractivity contribution in [2.75, 3.05) is 17.7 Å². The van der Waals surface area contributed by atoms with Gasteiger partial charge in [-0.3, -0.25) is 4.79 Å². The summed E-state index contributed by atoms with van der Waals surface area (Å²) in [6.07, 6.45) is 4.19. The third-order valence-corrected chi connectivity index (χ3v) is 6.51. The highest BCUT2D eigenvalue weighted by Gasteiger charge is 2.26. The zero-order valence-electron chi connectivity index (χ0n) is 16.4. The highest BCUT2D eigenvalue weighted by atomic mass is 35.5. The Labute approximate surface area is 179 Å². The Bertz CT molecular complexity index is 1040. The molecule has 7 heteroatoms. The summed E-state index contributed by atoms with van der Waals surface area (Å²) in [6, 6.07) is 9.08. The van der Waals surface area contributed by atoms with Crippen LogP contribution in [0.15, 0.2) is 34.7 Å². The fourth-order valence-corrected chi connectivity index (χ4v) is 5.10. The number of anilines is 2. The summed E-state index contributed by atoms with van der Waals surface area (Å²) >= 11 is 7.79. The normalized spacial score (nSPS) is 13.1. The molecule has 0 radical (unpaired) electrons. The third-order valence-electron chi connectivity index (χ3n) is 5.03. The Morgan fingerprint density at radius 2 is 2.07 bits per heavy atom. The molecule has 1 aliphatic rings. The molecule has 1 amide bonds. The van der Waals surface area contributed by atoms with Gasteiger partial charge in [-0.2, -0.15) is 0 Å². The van der Waals surface area contributed by atoms with Gasteiger partial charge in [0, 0.05) is 9.90 Å². The molecular formula is C22H23ClN2O3S. The van der Waals surface area contributed by atoms with Crippen molar-refractivity contribution in [2.45, 2.75) is 39.2 Å². The number of fused-ring (bicyclic) bond motifs is 1.